The first-order valence-electron chi connectivity index (χ1n) is 12.0. The van der Waals surface area contributed by atoms with Crippen molar-refractivity contribution in [3.63, 3.8) is 0 Å². The molecule has 3 heteroatoms. The molecule has 1 aliphatic rings. The Hall–Kier alpha value is -3.91. The number of hydrogen-bond acceptors (Lipinski definition) is 2. The van der Waals surface area contributed by atoms with Crippen molar-refractivity contribution in [2.75, 3.05) is 0 Å². The fourth-order valence-electron chi connectivity index (χ4n) is 4.81. The molecule has 0 saturated heterocycles. The number of allylic oxidation sites excluding steroid dienone is 1. The van der Waals surface area contributed by atoms with Crippen molar-refractivity contribution in [2.24, 2.45) is 5.41 Å². The fraction of sp³-hybridized carbons (Fsp3) is 0.125. The van der Waals surface area contributed by atoms with E-state index >= 15 is 0 Å². The molecule has 0 atom stereocenters. The third kappa shape index (κ3) is 4.10. The molecule has 2 aromatic heterocycles. The average Bonchev–Trinajstić information content (AvgIpc) is 3.35. The van der Waals surface area contributed by atoms with Gasteiger partial charge in [-0.05, 0) is 41.5 Å². The van der Waals surface area contributed by atoms with E-state index in [1.165, 1.54) is 16.5 Å². The van der Waals surface area contributed by atoms with E-state index in [0.717, 1.165) is 52.8 Å². The predicted octanol–water partition coefficient (Wildman–Crippen LogP) is 7.84. The molecule has 1 fully saturated rings. The first kappa shape index (κ1) is 21.6. The third-order valence-corrected chi connectivity index (χ3v) is 7.73. The lowest BCUT2D eigenvalue weighted by Crippen LogP contribution is -2.05. The summed E-state index contributed by atoms with van der Waals surface area (Å²) in [7, 11) is 0. The van der Waals surface area contributed by atoms with Crippen LogP contribution in [-0.4, -0.2) is 10.9 Å². The van der Waals surface area contributed by atoms with Gasteiger partial charge in [-0.15, -0.1) is 17.1 Å². The van der Waals surface area contributed by atoms with Gasteiger partial charge in [0, 0.05) is 45.2 Å². The van der Waals surface area contributed by atoms with Crippen LogP contribution in [-0.2, 0) is 11.3 Å². The second-order valence-electron chi connectivity index (χ2n) is 9.17. The Bertz CT molecular complexity index is 1550. The van der Waals surface area contributed by atoms with Crippen LogP contribution < -0.4 is 0 Å². The van der Waals surface area contributed by atoms with Gasteiger partial charge in [0.2, 0.25) is 0 Å². The Kier molecular flexibility index (Phi) is 5.58. The van der Waals surface area contributed by atoms with Crippen molar-refractivity contribution >= 4 is 39.7 Å². The summed E-state index contributed by atoms with van der Waals surface area (Å²) in [6, 6.07) is 33.6. The van der Waals surface area contributed by atoms with Gasteiger partial charge in [-0.1, -0.05) is 84.9 Å². The highest BCUT2D eigenvalue weighted by molar-refractivity contribution is 7.11. The summed E-state index contributed by atoms with van der Waals surface area (Å²) in [6.45, 7) is 0.798. The SMILES string of the molecule is O=CC1(C(=C=C(c2cccs2)c2cn(Cc3ccccc3)c3ccccc23)c2ccccc2)CC1. The monoisotopic (exact) mass is 471 g/mol. The zero-order chi connectivity index (χ0) is 23.7. The van der Waals surface area contributed by atoms with Crippen molar-refractivity contribution in [3.8, 4) is 0 Å². The average molecular weight is 472 g/mol. The molecule has 3 aromatic carbocycles. The molecule has 1 saturated carbocycles. The van der Waals surface area contributed by atoms with Crippen LogP contribution in [0.4, 0.5) is 0 Å². The molecule has 2 heterocycles. The first-order chi connectivity index (χ1) is 17.3. The summed E-state index contributed by atoms with van der Waals surface area (Å²) in [5.41, 5.74) is 10.1. The molecule has 0 aliphatic heterocycles. The van der Waals surface area contributed by atoms with Gasteiger partial charge >= 0.3 is 0 Å². The van der Waals surface area contributed by atoms with E-state index < -0.39 is 5.41 Å². The van der Waals surface area contributed by atoms with Crippen LogP contribution in [0.2, 0.25) is 0 Å². The highest BCUT2D eigenvalue weighted by Crippen LogP contribution is 2.54. The van der Waals surface area contributed by atoms with Crippen molar-refractivity contribution in [3.05, 3.63) is 136 Å². The Morgan fingerprint density at radius 2 is 1.60 bits per heavy atom. The van der Waals surface area contributed by atoms with Gasteiger partial charge in [0.05, 0.1) is 5.41 Å². The predicted molar refractivity (Wildman–Crippen MR) is 145 cm³/mol. The Labute approximate surface area is 209 Å². The molecule has 0 N–H and O–H groups in total. The number of rotatable bonds is 7. The second kappa shape index (κ2) is 9.03. The van der Waals surface area contributed by atoms with Crippen LogP contribution in [0.15, 0.2) is 114 Å². The molecular formula is C32H25NOS. The van der Waals surface area contributed by atoms with E-state index in [9.17, 15) is 4.79 Å². The summed E-state index contributed by atoms with van der Waals surface area (Å²) < 4.78 is 2.32. The number of carbonyl (C=O) groups is 1. The number of thiophene rings is 1. The summed E-state index contributed by atoms with van der Waals surface area (Å²) >= 11 is 1.71. The number of fused-ring (bicyclic) bond motifs is 1. The largest absolute Gasteiger partial charge is 0.342 e. The minimum absolute atomic E-state index is 0.438. The Morgan fingerprint density at radius 3 is 2.29 bits per heavy atom. The van der Waals surface area contributed by atoms with E-state index in [4.69, 9.17) is 0 Å². The zero-order valence-corrected chi connectivity index (χ0v) is 20.2. The van der Waals surface area contributed by atoms with Crippen LogP contribution in [0.1, 0.15) is 34.4 Å². The lowest BCUT2D eigenvalue weighted by molar-refractivity contribution is -0.110. The molecular weight excluding hydrogens is 446 g/mol. The maximum absolute atomic E-state index is 12.3. The highest BCUT2D eigenvalue weighted by atomic mass is 32.1. The first-order valence-corrected chi connectivity index (χ1v) is 12.8. The number of para-hydroxylation sites is 1. The number of benzene rings is 3. The van der Waals surface area contributed by atoms with Gasteiger partial charge in [0.1, 0.15) is 6.29 Å². The van der Waals surface area contributed by atoms with Gasteiger partial charge in [-0.25, -0.2) is 0 Å². The maximum atomic E-state index is 12.3. The van der Waals surface area contributed by atoms with Crippen molar-refractivity contribution in [1.29, 1.82) is 0 Å². The van der Waals surface area contributed by atoms with E-state index in [0.29, 0.717) is 0 Å². The lowest BCUT2D eigenvalue weighted by atomic mass is 9.90. The normalized spacial score (nSPS) is 13.8. The molecule has 35 heavy (non-hydrogen) atoms. The van der Waals surface area contributed by atoms with Gasteiger partial charge in [-0.2, -0.15) is 0 Å². The van der Waals surface area contributed by atoms with Crippen LogP contribution in [0.3, 0.4) is 0 Å². The maximum Gasteiger partial charge on any atom is 0.131 e. The molecule has 170 valence electrons. The molecule has 1 aliphatic carbocycles. The van der Waals surface area contributed by atoms with E-state index in [2.05, 4.69) is 101 Å². The molecule has 6 rings (SSSR count). The standard InChI is InChI=1S/C32H25NOS/c34-23-32(17-18-32)29(25-12-5-2-6-13-25)20-27(31-16-9-19-35-31)28-22-33(21-24-10-3-1-4-11-24)30-15-8-7-14-26(28)30/h1-16,19,22-23H,17-18,21H2. The van der Waals surface area contributed by atoms with Crippen molar-refractivity contribution in [1.82, 2.24) is 4.57 Å². The van der Waals surface area contributed by atoms with Crippen LogP contribution in [0.5, 0.6) is 0 Å². The summed E-state index contributed by atoms with van der Waals surface area (Å²) in [6.07, 6.45) is 5.14. The van der Waals surface area contributed by atoms with Crippen molar-refractivity contribution in [2.45, 2.75) is 19.4 Å². The highest BCUT2D eigenvalue weighted by Gasteiger charge is 2.47. The Morgan fingerprint density at radius 1 is 0.886 bits per heavy atom. The van der Waals surface area contributed by atoms with E-state index in [-0.39, 0.29) is 0 Å². The molecule has 0 radical (unpaired) electrons. The van der Waals surface area contributed by atoms with Crippen LogP contribution >= 0.6 is 11.3 Å². The van der Waals surface area contributed by atoms with Gasteiger partial charge in [-0.3, -0.25) is 0 Å². The molecule has 0 amide bonds. The Balaban J connectivity index is 1.63. The minimum Gasteiger partial charge on any atom is -0.342 e. The number of aromatic nitrogens is 1. The van der Waals surface area contributed by atoms with Crippen LogP contribution in [0.25, 0.3) is 22.0 Å². The molecule has 5 aromatic rings. The van der Waals surface area contributed by atoms with Gasteiger partial charge in [0.25, 0.3) is 0 Å². The third-order valence-electron chi connectivity index (χ3n) is 6.85. The quantitative estimate of drug-likeness (QED) is 0.175. The van der Waals surface area contributed by atoms with E-state index in [1.54, 1.807) is 11.3 Å². The molecule has 0 spiro atoms. The fourth-order valence-corrected chi connectivity index (χ4v) is 5.55. The summed E-state index contributed by atoms with van der Waals surface area (Å²) in [4.78, 5) is 13.4. The lowest BCUT2D eigenvalue weighted by Gasteiger charge is -2.12. The van der Waals surface area contributed by atoms with Gasteiger partial charge in [0.15, 0.2) is 0 Å². The number of nitrogens with zero attached hydrogens (tertiary/aromatic N) is 1. The minimum atomic E-state index is -0.438. The van der Waals surface area contributed by atoms with Gasteiger partial charge < -0.3 is 9.36 Å². The summed E-state index contributed by atoms with van der Waals surface area (Å²) in [5, 5.41) is 3.30. The second-order valence-corrected chi connectivity index (χ2v) is 10.1. The number of aldehydes is 1. The van der Waals surface area contributed by atoms with Crippen LogP contribution in [0, 0.1) is 5.41 Å². The number of hydrogen-bond donors (Lipinski definition) is 0. The molecule has 0 unspecified atom stereocenters. The molecule has 0 bridgehead atoms. The zero-order valence-electron chi connectivity index (χ0n) is 19.4. The summed E-state index contributed by atoms with van der Waals surface area (Å²) in [5.74, 6) is 0. The number of carbonyl (C=O) groups excluding carboxylic acids is 1. The topological polar surface area (TPSA) is 22.0 Å². The smallest absolute Gasteiger partial charge is 0.131 e. The molecule has 2 nitrogen and oxygen atoms in total. The van der Waals surface area contributed by atoms with E-state index in [1.807, 2.05) is 18.2 Å². The van der Waals surface area contributed by atoms with Crippen molar-refractivity contribution < 1.29 is 4.79 Å².